The molecule has 1 amide bonds. The summed E-state index contributed by atoms with van der Waals surface area (Å²) in [4.78, 5) is 19.0. The van der Waals surface area contributed by atoms with Crippen molar-refractivity contribution >= 4 is 11.7 Å². The highest BCUT2D eigenvalue weighted by molar-refractivity contribution is 5.76. The zero-order chi connectivity index (χ0) is 19.3. The van der Waals surface area contributed by atoms with E-state index in [2.05, 4.69) is 32.9 Å². The second kappa shape index (κ2) is 8.71. The maximum absolute atomic E-state index is 12.8. The SMILES string of the molecule is Nc1cc(C2CNNC2C2CCCN(C(=O)CCc3ccccc3)C2)ccn1. The molecule has 3 heterocycles. The highest BCUT2D eigenvalue weighted by Gasteiger charge is 2.37. The number of anilines is 1. The number of benzene rings is 1. The fourth-order valence-electron chi connectivity index (χ4n) is 4.57. The molecule has 0 bridgehead atoms. The largest absolute Gasteiger partial charge is 0.384 e. The van der Waals surface area contributed by atoms with Crippen LogP contribution in [0.15, 0.2) is 48.7 Å². The van der Waals surface area contributed by atoms with Gasteiger partial charge in [0.15, 0.2) is 0 Å². The molecule has 1 aromatic carbocycles. The van der Waals surface area contributed by atoms with Gasteiger partial charge in [-0.2, -0.15) is 0 Å². The molecular weight excluding hydrogens is 350 g/mol. The third-order valence-electron chi connectivity index (χ3n) is 6.05. The number of hydrogen-bond donors (Lipinski definition) is 3. The van der Waals surface area contributed by atoms with Gasteiger partial charge in [0.1, 0.15) is 5.82 Å². The summed E-state index contributed by atoms with van der Waals surface area (Å²) < 4.78 is 0. The molecule has 2 aromatic rings. The Morgan fingerprint density at radius 3 is 2.93 bits per heavy atom. The van der Waals surface area contributed by atoms with Crippen molar-refractivity contribution < 1.29 is 4.79 Å². The maximum Gasteiger partial charge on any atom is 0.222 e. The molecule has 6 nitrogen and oxygen atoms in total. The van der Waals surface area contributed by atoms with E-state index in [1.54, 1.807) is 6.20 Å². The number of nitrogen functional groups attached to an aromatic ring is 1. The number of hydrogen-bond acceptors (Lipinski definition) is 5. The molecule has 2 aliphatic heterocycles. The van der Waals surface area contributed by atoms with Crippen LogP contribution < -0.4 is 16.6 Å². The van der Waals surface area contributed by atoms with Crippen LogP contribution in [0.1, 0.15) is 36.3 Å². The predicted octanol–water partition coefficient (Wildman–Crippen LogP) is 2.10. The van der Waals surface area contributed by atoms with Crippen molar-refractivity contribution in [2.75, 3.05) is 25.4 Å². The maximum atomic E-state index is 12.8. The van der Waals surface area contributed by atoms with Gasteiger partial charge in [-0.3, -0.25) is 15.6 Å². The Morgan fingerprint density at radius 1 is 1.25 bits per heavy atom. The van der Waals surface area contributed by atoms with Crippen LogP contribution in [-0.2, 0) is 11.2 Å². The lowest BCUT2D eigenvalue weighted by Gasteiger charge is -2.37. The highest BCUT2D eigenvalue weighted by atomic mass is 16.2. The monoisotopic (exact) mass is 379 g/mol. The first-order valence-electron chi connectivity index (χ1n) is 10.2. The van der Waals surface area contributed by atoms with E-state index < -0.39 is 0 Å². The zero-order valence-corrected chi connectivity index (χ0v) is 16.2. The van der Waals surface area contributed by atoms with Gasteiger partial charge < -0.3 is 10.6 Å². The van der Waals surface area contributed by atoms with E-state index in [1.165, 1.54) is 11.1 Å². The molecule has 0 aliphatic carbocycles. The standard InChI is InChI=1S/C22H29N5O/c23-20-13-17(10-11-24-20)19-14-25-26-22(19)18-7-4-12-27(15-18)21(28)9-8-16-5-2-1-3-6-16/h1-3,5-6,10-11,13,18-19,22,25-26H,4,7-9,12,14-15H2,(H2,23,24). The molecule has 0 spiro atoms. The smallest absolute Gasteiger partial charge is 0.222 e. The van der Waals surface area contributed by atoms with E-state index in [0.717, 1.165) is 38.9 Å². The molecule has 6 heteroatoms. The van der Waals surface area contributed by atoms with E-state index in [9.17, 15) is 4.79 Å². The van der Waals surface area contributed by atoms with Crippen LogP contribution in [0.3, 0.4) is 0 Å². The van der Waals surface area contributed by atoms with Crippen molar-refractivity contribution in [1.82, 2.24) is 20.7 Å². The summed E-state index contributed by atoms with van der Waals surface area (Å²) in [5, 5.41) is 0. The van der Waals surface area contributed by atoms with Crippen LogP contribution in [0.25, 0.3) is 0 Å². The first-order valence-corrected chi connectivity index (χ1v) is 10.2. The number of likely N-dealkylation sites (tertiary alicyclic amines) is 1. The topological polar surface area (TPSA) is 83.3 Å². The molecule has 0 saturated carbocycles. The number of nitrogens with zero attached hydrogens (tertiary/aromatic N) is 2. The molecule has 3 atom stereocenters. The molecule has 0 radical (unpaired) electrons. The van der Waals surface area contributed by atoms with Gasteiger partial charge >= 0.3 is 0 Å². The van der Waals surface area contributed by atoms with Crippen molar-refractivity contribution in [3.63, 3.8) is 0 Å². The van der Waals surface area contributed by atoms with Crippen LogP contribution in [-0.4, -0.2) is 41.5 Å². The molecule has 148 valence electrons. The van der Waals surface area contributed by atoms with Crippen LogP contribution in [0, 0.1) is 5.92 Å². The number of carbonyl (C=O) groups excluding carboxylic acids is 1. The van der Waals surface area contributed by atoms with Gasteiger partial charge in [0.25, 0.3) is 0 Å². The first kappa shape index (κ1) is 18.9. The summed E-state index contributed by atoms with van der Waals surface area (Å²) in [6.45, 7) is 2.56. The molecular formula is C22H29N5O. The average Bonchev–Trinajstić information content (AvgIpc) is 3.23. The van der Waals surface area contributed by atoms with Crippen LogP contribution in [0.5, 0.6) is 0 Å². The molecule has 3 unspecified atom stereocenters. The highest BCUT2D eigenvalue weighted by Crippen LogP contribution is 2.32. The van der Waals surface area contributed by atoms with Gasteiger partial charge in [0.2, 0.25) is 5.91 Å². The Morgan fingerprint density at radius 2 is 2.11 bits per heavy atom. The van der Waals surface area contributed by atoms with E-state index in [4.69, 9.17) is 5.73 Å². The quantitative estimate of drug-likeness (QED) is 0.741. The van der Waals surface area contributed by atoms with E-state index in [1.807, 2.05) is 30.3 Å². The third-order valence-corrected chi connectivity index (χ3v) is 6.05. The minimum absolute atomic E-state index is 0.268. The van der Waals surface area contributed by atoms with Crippen molar-refractivity contribution in [3.8, 4) is 0 Å². The molecule has 28 heavy (non-hydrogen) atoms. The Bertz CT molecular complexity index is 797. The fourth-order valence-corrected chi connectivity index (χ4v) is 4.57. The van der Waals surface area contributed by atoms with Crippen LogP contribution in [0.2, 0.25) is 0 Å². The lowest BCUT2D eigenvalue weighted by atomic mass is 9.81. The Kier molecular flexibility index (Phi) is 5.88. The second-order valence-electron chi connectivity index (χ2n) is 7.90. The zero-order valence-electron chi connectivity index (χ0n) is 16.2. The first-order chi connectivity index (χ1) is 13.7. The summed E-state index contributed by atoms with van der Waals surface area (Å²) in [6, 6.07) is 14.6. The third kappa shape index (κ3) is 4.34. The Hall–Kier alpha value is -2.44. The number of hydrazine groups is 1. The van der Waals surface area contributed by atoms with Crippen LogP contribution in [0.4, 0.5) is 5.82 Å². The van der Waals surface area contributed by atoms with Crippen molar-refractivity contribution in [2.24, 2.45) is 5.92 Å². The summed E-state index contributed by atoms with van der Waals surface area (Å²) in [7, 11) is 0. The number of nitrogens with two attached hydrogens (primary N) is 1. The normalized spacial score (nSPS) is 25.0. The molecule has 4 rings (SSSR count). The van der Waals surface area contributed by atoms with Gasteiger partial charge in [-0.25, -0.2) is 4.98 Å². The number of aryl methyl sites for hydroxylation is 1. The predicted molar refractivity (Wildman–Crippen MR) is 110 cm³/mol. The van der Waals surface area contributed by atoms with Crippen LogP contribution >= 0.6 is 0 Å². The number of carbonyl (C=O) groups is 1. The minimum atomic E-state index is 0.268. The number of aromatic nitrogens is 1. The number of nitrogens with one attached hydrogen (secondary N) is 2. The lowest BCUT2D eigenvalue weighted by Crippen LogP contribution is -2.48. The van der Waals surface area contributed by atoms with E-state index in [0.29, 0.717) is 30.1 Å². The lowest BCUT2D eigenvalue weighted by molar-refractivity contribution is -0.133. The van der Waals surface area contributed by atoms with Crippen molar-refractivity contribution in [2.45, 2.75) is 37.6 Å². The number of rotatable bonds is 5. The van der Waals surface area contributed by atoms with Crippen molar-refractivity contribution in [3.05, 3.63) is 59.8 Å². The number of piperidine rings is 1. The summed E-state index contributed by atoms with van der Waals surface area (Å²) in [6.07, 6.45) is 5.37. The minimum Gasteiger partial charge on any atom is -0.384 e. The molecule has 4 N–H and O–H groups in total. The van der Waals surface area contributed by atoms with Crippen molar-refractivity contribution in [1.29, 1.82) is 0 Å². The number of pyridine rings is 1. The summed E-state index contributed by atoms with van der Waals surface area (Å²) in [5.41, 5.74) is 15.1. The Balaban J connectivity index is 1.38. The number of amides is 1. The van der Waals surface area contributed by atoms with E-state index in [-0.39, 0.29) is 5.91 Å². The van der Waals surface area contributed by atoms with E-state index >= 15 is 0 Å². The molecule has 2 fully saturated rings. The Labute approximate surface area is 166 Å². The summed E-state index contributed by atoms with van der Waals surface area (Å²) in [5.74, 6) is 1.60. The van der Waals surface area contributed by atoms with Gasteiger partial charge in [-0.15, -0.1) is 0 Å². The summed E-state index contributed by atoms with van der Waals surface area (Å²) >= 11 is 0. The molecule has 2 aliphatic rings. The fraction of sp³-hybridized carbons (Fsp3) is 0.455. The van der Waals surface area contributed by atoms with Gasteiger partial charge in [-0.1, -0.05) is 30.3 Å². The van der Waals surface area contributed by atoms with Gasteiger partial charge in [0.05, 0.1) is 0 Å². The second-order valence-corrected chi connectivity index (χ2v) is 7.90. The van der Waals surface area contributed by atoms with Gasteiger partial charge in [0, 0.05) is 44.2 Å². The van der Waals surface area contributed by atoms with Gasteiger partial charge in [-0.05, 0) is 48.4 Å². The molecule has 1 aromatic heterocycles. The molecule has 2 saturated heterocycles. The average molecular weight is 380 g/mol.